The number of benzene rings is 1. The summed E-state index contributed by atoms with van der Waals surface area (Å²) >= 11 is 2.97. The summed E-state index contributed by atoms with van der Waals surface area (Å²) in [7, 11) is 0. The first-order chi connectivity index (χ1) is 6.91. The van der Waals surface area contributed by atoms with Crippen molar-refractivity contribution in [3.05, 3.63) is 46.0 Å². The molecule has 0 fully saturated rings. The van der Waals surface area contributed by atoms with E-state index in [1.165, 1.54) is 0 Å². The van der Waals surface area contributed by atoms with Crippen LogP contribution in [-0.2, 0) is 0 Å². The van der Waals surface area contributed by atoms with Crippen LogP contribution in [0.1, 0.15) is 25.0 Å². The number of hydrogen-bond donors (Lipinski definition) is 1. The maximum atomic E-state index is 13.4. The van der Waals surface area contributed by atoms with Gasteiger partial charge in [0.15, 0.2) is 0 Å². The van der Waals surface area contributed by atoms with Gasteiger partial charge in [-0.1, -0.05) is 21.5 Å². The molecule has 0 heterocycles. The van der Waals surface area contributed by atoms with Crippen molar-refractivity contribution in [2.75, 3.05) is 0 Å². The maximum absolute atomic E-state index is 13.4. The third-order valence-corrected chi connectivity index (χ3v) is 2.38. The van der Waals surface area contributed by atoms with Gasteiger partial charge in [0.1, 0.15) is 11.6 Å². The number of hydrogen-bond acceptors (Lipinski definition) is 1. The molecule has 4 heteroatoms. The summed E-state index contributed by atoms with van der Waals surface area (Å²) in [5.74, 6) is -1.51. The fourth-order valence-corrected chi connectivity index (χ4v) is 1.71. The summed E-state index contributed by atoms with van der Waals surface area (Å²) < 4.78 is 27.0. The Hall–Kier alpha value is -0.740. The average molecular weight is 277 g/mol. The second-order valence-corrected chi connectivity index (χ2v) is 4.38. The van der Waals surface area contributed by atoms with Crippen molar-refractivity contribution < 1.29 is 13.9 Å². The first kappa shape index (κ1) is 12.3. The van der Waals surface area contributed by atoms with Crippen molar-refractivity contribution in [1.82, 2.24) is 0 Å². The van der Waals surface area contributed by atoms with E-state index >= 15 is 0 Å². The fraction of sp³-hybridized carbons (Fsp3) is 0.273. The van der Waals surface area contributed by atoms with E-state index in [0.29, 0.717) is 10.0 Å². The van der Waals surface area contributed by atoms with Gasteiger partial charge < -0.3 is 5.11 Å². The van der Waals surface area contributed by atoms with Crippen LogP contribution in [0, 0.1) is 11.6 Å². The Morgan fingerprint density at radius 3 is 2.33 bits per heavy atom. The lowest BCUT2D eigenvalue weighted by Crippen LogP contribution is -2.04. The van der Waals surface area contributed by atoms with Crippen molar-refractivity contribution in [2.24, 2.45) is 0 Å². The quantitative estimate of drug-likeness (QED) is 0.835. The van der Waals surface area contributed by atoms with Gasteiger partial charge in [-0.25, -0.2) is 8.78 Å². The highest BCUT2D eigenvalue weighted by atomic mass is 79.9. The number of aliphatic hydroxyl groups excluding tert-OH is 1. The molecule has 0 saturated heterocycles. The second kappa shape index (κ2) is 4.86. The van der Waals surface area contributed by atoms with Gasteiger partial charge >= 0.3 is 0 Å². The van der Waals surface area contributed by atoms with Crippen molar-refractivity contribution in [3.8, 4) is 0 Å². The Morgan fingerprint density at radius 1 is 1.47 bits per heavy atom. The van der Waals surface area contributed by atoms with Crippen LogP contribution in [0.4, 0.5) is 8.78 Å². The molecular formula is C11H11BrF2O. The number of halogens is 3. The van der Waals surface area contributed by atoms with Crippen molar-refractivity contribution >= 4 is 15.9 Å². The van der Waals surface area contributed by atoms with Crippen LogP contribution in [0.5, 0.6) is 0 Å². The van der Waals surface area contributed by atoms with Crippen molar-refractivity contribution in [2.45, 2.75) is 19.4 Å². The molecule has 0 aromatic heterocycles. The highest BCUT2D eigenvalue weighted by molar-refractivity contribution is 9.10. The molecule has 82 valence electrons. The Morgan fingerprint density at radius 2 is 1.93 bits per heavy atom. The molecule has 0 saturated carbocycles. The summed E-state index contributed by atoms with van der Waals surface area (Å²) in [6, 6.07) is 2.25. The lowest BCUT2D eigenvalue weighted by Gasteiger charge is -2.13. The highest BCUT2D eigenvalue weighted by Gasteiger charge is 2.18. The standard InChI is InChI=1S/C11H11BrF2O/c1-6(2)3-10(15)11-8(13)4-7(12)5-9(11)14/h4-5,10,15H,1,3H2,2H3. The predicted octanol–water partition coefficient (Wildman–Crippen LogP) is 3.73. The zero-order valence-corrected chi connectivity index (χ0v) is 9.81. The molecule has 0 radical (unpaired) electrons. The molecule has 0 amide bonds. The van der Waals surface area contributed by atoms with E-state index in [9.17, 15) is 13.9 Å². The van der Waals surface area contributed by atoms with Gasteiger partial charge in [-0.3, -0.25) is 0 Å². The molecule has 0 aliphatic carbocycles. The summed E-state index contributed by atoms with van der Waals surface area (Å²) in [4.78, 5) is 0. The lowest BCUT2D eigenvalue weighted by molar-refractivity contribution is 0.168. The molecule has 1 N–H and O–H groups in total. The monoisotopic (exact) mass is 276 g/mol. The van der Waals surface area contributed by atoms with Gasteiger partial charge in [0.25, 0.3) is 0 Å². The molecule has 1 nitrogen and oxygen atoms in total. The molecule has 0 aliphatic heterocycles. The lowest BCUT2D eigenvalue weighted by atomic mass is 10.0. The average Bonchev–Trinajstić information content (AvgIpc) is 1.99. The van der Waals surface area contributed by atoms with Crippen LogP contribution < -0.4 is 0 Å². The van der Waals surface area contributed by atoms with Gasteiger partial charge in [-0.2, -0.15) is 0 Å². The Labute approximate surface area is 95.6 Å². The molecule has 1 aromatic carbocycles. The third-order valence-electron chi connectivity index (χ3n) is 1.92. The normalized spacial score (nSPS) is 12.6. The van der Waals surface area contributed by atoms with Crippen LogP contribution in [0.3, 0.4) is 0 Å². The molecule has 0 aliphatic rings. The minimum atomic E-state index is -1.18. The molecular weight excluding hydrogens is 266 g/mol. The molecule has 1 aromatic rings. The van der Waals surface area contributed by atoms with Gasteiger partial charge in [0, 0.05) is 4.47 Å². The van der Waals surface area contributed by atoms with Crippen LogP contribution in [0.25, 0.3) is 0 Å². The van der Waals surface area contributed by atoms with Gasteiger partial charge in [0.05, 0.1) is 11.7 Å². The van der Waals surface area contributed by atoms with Gasteiger partial charge in [0.2, 0.25) is 0 Å². The molecule has 1 rings (SSSR count). The Kier molecular flexibility index (Phi) is 3.99. The smallest absolute Gasteiger partial charge is 0.133 e. The molecule has 1 unspecified atom stereocenters. The van der Waals surface area contributed by atoms with Crippen LogP contribution in [0.2, 0.25) is 0 Å². The van der Waals surface area contributed by atoms with E-state index in [4.69, 9.17) is 0 Å². The van der Waals surface area contributed by atoms with Crippen LogP contribution in [0.15, 0.2) is 28.8 Å². The third kappa shape index (κ3) is 3.11. The van der Waals surface area contributed by atoms with Crippen LogP contribution in [-0.4, -0.2) is 5.11 Å². The van der Waals surface area contributed by atoms with E-state index in [2.05, 4.69) is 22.5 Å². The molecule has 1 atom stereocenters. The SMILES string of the molecule is C=C(C)CC(O)c1c(F)cc(Br)cc1F. The zero-order valence-electron chi connectivity index (χ0n) is 8.23. The Balaban J connectivity index is 3.08. The summed E-state index contributed by atoms with van der Waals surface area (Å²) in [5, 5.41) is 9.59. The summed E-state index contributed by atoms with van der Waals surface area (Å²) in [6.07, 6.45) is -1.04. The topological polar surface area (TPSA) is 20.2 Å². The first-order valence-corrected chi connectivity index (χ1v) is 5.18. The van der Waals surface area contributed by atoms with E-state index in [0.717, 1.165) is 12.1 Å². The zero-order chi connectivity index (χ0) is 11.6. The van der Waals surface area contributed by atoms with Gasteiger partial charge in [-0.05, 0) is 25.5 Å². The van der Waals surface area contributed by atoms with E-state index < -0.39 is 17.7 Å². The minimum Gasteiger partial charge on any atom is -0.388 e. The van der Waals surface area contributed by atoms with E-state index in [-0.39, 0.29) is 12.0 Å². The van der Waals surface area contributed by atoms with E-state index in [1.807, 2.05) is 0 Å². The molecule has 15 heavy (non-hydrogen) atoms. The molecule has 0 bridgehead atoms. The summed E-state index contributed by atoms with van der Waals surface area (Å²) in [5.41, 5.74) is 0.366. The number of aliphatic hydroxyl groups is 1. The van der Waals surface area contributed by atoms with Crippen molar-refractivity contribution in [1.29, 1.82) is 0 Å². The second-order valence-electron chi connectivity index (χ2n) is 3.46. The summed E-state index contributed by atoms with van der Waals surface area (Å²) in [6.45, 7) is 5.28. The minimum absolute atomic E-state index is 0.148. The highest BCUT2D eigenvalue weighted by Crippen LogP contribution is 2.28. The largest absolute Gasteiger partial charge is 0.388 e. The first-order valence-electron chi connectivity index (χ1n) is 4.38. The Bertz CT molecular complexity index is 367. The van der Waals surface area contributed by atoms with Gasteiger partial charge in [-0.15, -0.1) is 6.58 Å². The number of rotatable bonds is 3. The predicted molar refractivity (Wildman–Crippen MR) is 58.4 cm³/mol. The fourth-order valence-electron chi connectivity index (χ4n) is 1.30. The molecule has 0 spiro atoms. The maximum Gasteiger partial charge on any atom is 0.133 e. The van der Waals surface area contributed by atoms with E-state index in [1.54, 1.807) is 6.92 Å². The van der Waals surface area contributed by atoms with Crippen molar-refractivity contribution in [3.63, 3.8) is 0 Å². The van der Waals surface area contributed by atoms with Crippen LogP contribution >= 0.6 is 15.9 Å².